The molecule has 110 valence electrons. The van der Waals surface area contributed by atoms with Crippen LogP contribution < -0.4 is 0 Å². The van der Waals surface area contributed by atoms with Gasteiger partial charge in [0.2, 0.25) is 0 Å². The van der Waals surface area contributed by atoms with Crippen molar-refractivity contribution in [1.29, 1.82) is 0 Å². The number of rotatable bonds is 4. The molecule has 0 aliphatic heterocycles. The second-order valence-corrected chi connectivity index (χ2v) is 6.22. The molecule has 0 aliphatic carbocycles. The third-order valence-corrected chi connectivity index (χ3v) is 4.41. The molecule has 4 heteroatoms. The van der Waals surface area contributed by atoms with E-state index in [1.807, 2.05) is 62.4 Å². The van der Waals surface area contributed by atoms with E-state index in [-0.39, 0.29) is 5.78 Å². The number of ketones is 1. The molecule has 0 spiro atoms. The number of Topliss-reactive ketones (excluding diaryl/α,β-unsaturated/α-hetero) is 1. The average Bonchev–Trinajstić information content (AvgIpc) is 2.53. The molecule has 0 fully saturated rings. The van der Waals surface area contributed by atoms with Crippen LogP contribution in [-0.2, 0) is 0 Å². The fourth-order valence-electron chi connectivity index (χ4n) is 2.20. The third kappa shape index (κ3) is 3.17. The topological polar surface area (TPSA) is 42.9 Å². The zero-order chi connectivity index (χ0) is 15.5. The molecule has 0 atom stereocenters. The number of para-hydroxylation sites is 2. The van der Waals surface area contributed by atoms with Gasteiger partial charge in [0.15, 0.2) is 5.78 Å². The first-order chi connectivity index (χ1) is 10.6. The lowest BCUT2D eigenvalue weighted by atomic mass is 10.2. The molecule has 0 amide bonds. The van der Waals surface area contributed by atoms with E-state index < -0.39 is 0 Å². The number of aryl methyl sites for hydroxylation is 2. The first-order valence-electron chi connectivity index (χ1n) is 7.09. The van der Waals surface area contributed by atoms with Crippen molar-refractivity contribution < 1.29 is 4.79 Å². The highest BCUT2D eigenvalue weighted by molar-refractivity contribution is 8.00. The van der Waals surface area contributed by atoms with Gasteiger partial charge in [-0.3, -0.25) is 4.79 Å². The van der Waals surface area contributed by atoms with Gasteiger partial charge in [-0.15, -0.1) is 11.8 Å². The fourth-order valence-corrected chi connectivity index (χ4v) is 2.97. The van der Waals surface area contributed by atoms with Crippen molar-refractivity contribution in [3.63, 3.8) is 0 Å². The summed E-state index contributed by atoms with van der Waals surface area (Å²) in [5.41, 5.74) is 3.96. The zero-order valence-electron chi connectivity index (χ0n) is 12.5. The van der Waals surface area contributed by atoms with Gasteiger partial charge in [-0.1, -0.05) is 29.8 Å². The molecular formula is C18H16N2OS. The van der Waals surface area contributed by atoms with Crippen LogP contribution in [0.3, 0.4) is 0 Å². The summed E-state index contributed by atoms with van der Waals surface area (Å²) in [5.74, 6) is 0.387. The van der Waals surface area contributed by atoms with Gasteiger partial charge in [0.25, 0.3) is 0 Å². The highest BCUT2D eigenvalue weighted by Gasteiger charge is 2.13. The minimum atomic E-state index is 0.0151. The van der Waals surface area contributed by atoms with Crippen LogP contribution in [0.2, 0.25) is 0 Å². The average molecular weight is 308 g/mol. The van der Waals surface area contributed by atoms with E-state index >= 15 is 0 Å². The highest BCUT2D eigenvalue weighted by atomic mass is 32.2. The monoisotopic (exact) mass is 308 g/mol. The Morgan fingerprint density at radius 3 is 2.27 bits per heavy atom. The molecule has 1 heterocycles. The standard InChI is InChI=1S/C18H16N2OS/c1-12-7-9-14(10-8-12)22-11-17(21)18-13(2)19-15-5-3-4-6-16(15)20-18/h3-10H,11H2,1-2H3. The lowest BCUT2D eigenvalue weighted by Crippen LogP contribution is -2.09. The number of fused-ring (bicyclic) bond motifs is 1. The van der Waals surface area contributed by atoms with Gasteiger partial charge in [-0.05, 0) is 38.1 Å². The van der Waals surface area contributed by atoms with Crippen molar-refractivity contribution in [2.24, 2.45) is 0 Å². The SMILES string of the molecule is Cc1ccc(SCC(=O)c2nc3ccccc3nc2C)cc1. The minimum Gasteiger partial charge on any atom is -0.291 e. The van der Waals surface area contributed by atoms with Crippen LogP contribution in [0.1, 0.15) is 21.7 Å². The summed E-state index contributed by atoms with van der Waals surface area (Å²) in [7, 11) is 0. The van der Waals surface area contributed by atoms with E-state index in [9.17, 15) is 4.79 Å². The number of hydrogen-bond donors (Lipinski definition) is 0. The van der Waals surface area contributed by atoms with E-state index in [1.165, 1.54) is 17.3 Å². The zero-order valence-corrected chi connectivity index (χ0v) is 13.4. The van der Waals surface area contributed by atoms with Gasteiger partial charge in [0.1, 0.15) is 5.69 Å². The van der Waals surface area contributed by atoms with Crippen molar-refractivity contribution in [2.45, 2.75) is 18.7 Å². The van der Waals surface area contributed by atoms with E-state index in [0.717, 1.165) is 15.9 Å². The lowest BCUT2D eigenvalue weighted by Gasteiger charge is -2.06. The molecule has 0 saturated heterocycles. The largest absolute Gasteiger partial charge is 0.291 e. The molecule has 3 rings (SSSR count). The second kappa shape index (κ2) is 6.28. The maximum Gasteiger partial charge on any atom is 0.193 e. The van der Waals surface area contributed by atoms with Crippen LogP contribution in [0.4, 0.5) is 0 Å². The second-order valence-electron chi connectivity index (χ2n) is 5.17. The summed E-state index contributed by atoms with van der Waals surface area (Å²) < 4.78 is 0. The van der Waals surface area contributed by atoms with Crippen LogP contribution in [-0.4, -0.2) is 21.5 Å². The number of thioether (sulfide) groups is 1. The van der Waals surface area contributed by atoms with Crippen molar-refractivity contribution in [3.05, 3.63) is 65.5 Å². The van der Waals surface area contributed by atoms with Crippen molar-refractivity contribution in [3.8, 4) is 0 Å². The Labute approximate surface area is 133 Å². The molecule has 3 nitrogen and oxygen atoms in total. The highest BCUT2D eigenvalue weighted by Crippen LogP contribution is 2.20. The first-order valence-corrected chi connectivity index (χ1v) is 8.08. The lowest BCUT2D eigenvalue weighted by molar-refractivity contribution is 0.101. The number of aromatic nitrogens is 2. The van der Waals surface area contributed by atoms with Crippen LogP contribution in [0.5, 0.6) is 0 Å². The molecule has 0 saturated carbocycles. The van der Waals surface area contributed by atoms with Gasteiger partial charge in [0, 0.05) is 4.90 Å². The predicted octanol–water partition coefficient (Wildman–Crippen LogP) is 4.22. The van der Waals surface area contributed by atoms with Gasteiger partial charge < -0.3 is 0 Å². The smallest absolute Gasteiger partial charge is 0.193 e. The number of nitrogens with zero attached hydrogens (tertiary/aromatic N) is 2. The van der Waals surface area contributed by atoms with E-state index in [2.05, 4.69) is 9.97 Å². The van der Waals surface area contributed by atoms with E-state index in [1.54, 1.807) is 0 Å². The van der Waals surface area contributed by atoms with Crippen LogP contribution in [0.25, 0.3) is 11.0 Å². The Morgan fingerprint density at radius 2 is 1.59 bits per heavy atom. The Kier molecular flexibility index (Phi) is 4.20. The quantitative estimate of drug-likeness (QED) is 0.534. The normalized spacial score (nSPS) is 10.8. The van der Waals surface area contributed by atoms with E-state index in [4.69, 9.17) is 0 Å². The molecule has 0 bridgehead atoms. The Bertz CT molecular complexity index is 828. The molecule has 1 aromatic heterocycles. The number of benzene rings is 2. The van der Waals surface area contributed by atoms with Crippen molar-refractivity contribution in [2.75, 3.05) is 5.75 Å². The summed E-state index contributed by atoms with van der Waals surface area (Å²) in [6.07, 6.45) is 0. The summed E-state index contributed by atoms with van der Waals surface area (Å²) in [6, 6.07) is 15.8. The molecule has 0 unspecified atom stereocenters. The Balaban J connectivity index is 1.79. The molecule has 22 heavy (non-hydrogen) atoms. The van der Waals surface area contributed by atoms with Crippen molar-refractivity contribution >= 4 is 28.6 Å². The Hall–Kier alpha value is -2.20. The minimum absolute atomic E-state index is 0.0151. The first kappa shape index (κ1) is 14.7. The predicted molar refractivity (Wildman–Crippen MR) is 90.5 cm³/mol. The number of carbonyl (C=O) groups excluding carboxylic acids is 1. The summed E-state index contributed by atoms with van der Waals surface area (Å²) in [5, 5.41) is 0. The molecule has 0 radical (unpaired) electrons. The molecule has 2 aromatic carbocycles. The fraction of sp³-hybridized carbons (Fsp3) is 0.167. The molecule has 0 aliphatic rings. The molecular weight excluding hydrogens is 292 g/mol. The van der Waals surface area contributed by atoms with Crippen LogP contribution >= 0.6 is 11.8 Å². The summed E-state index contributed by atoms with van der Waals surface area (Å²) in [6.45, 7) is 3.89. The molecule has 3 aromatic rings. The molecule has 0 N–H and O–H groups in total. The van der Waals surface area contributed by atoms with Gasteiger partial charge in [-0.25, -0.2) is 9.97 Å². The van der Waals surface area contributed by atoms with Crippen molar-refractivity contribution in [1.82, 2.24) is 9.97 Å². The maximum atomic E-state index is 12.4. The number of carbonyl (C=O) groups is 1. The van der Waals surface area contributed by atoms with Gasteiger partial charge in [-0.2, -0.15) is 0 Å². The van der Waals surface area contributed by atoms with E-state index in [0.29, 0.717) is 17.1 Å². The van der Waals surface area contributed by atoms with Crippen LogP contribution in [0, 0.1) is 13.8 Å². The number of hydrogen-bond acceptors (Lipinski definition) is 4. The summed E-state index contributed by atoms with van der Waals surface area (Å²) >= 11 is 1.53. The van der Waals surface area contributed by atoms with Crippen LogP contribution in [0.15, 0.2) is 53.4 Å². The summed E-state index contributed by atoms with van der Waals surface area (Å²) in [4.78, 5) is 22.5. The Morgan fingerprint density at radius 1 is 0.955 bits per heavy atom. The van der Waals surface area contributed by atoms with Gasteiger partial charge in [0.05, 0.1) is 22.5 Å². The third-order valence-electron chi connectivity index (χ3n) is 3.40. The maximum absolute atomic E-state index is 12.4. The van der Waals surface area contributed by atoms with Gasteiger partial charge >= 0.3 is 0 Å².